The second-order valence-corrected chi connectivity index (χ2v) is 5.63. The minimum atomic E-state index is -0.709. The number of nitrogens with one attached hydrogen (secondary N) is 1. The lowest BCUT2D eigenvalue weighted by molar-refractivity contribution is 0.509. The normalized spacial score (nSPS) is 12.7. The van der Waals surface area contributed by atoms with Crippen LogP contribution in [-0.2, 0) is 0 Å². The van der Waals surface area contributed by atoms with Crippen molar-refractivity contribution in [1.29, 1.82) is 0 Å². The number of halogens is 3. The maximum absolute atomic E-state index is 14.1. The van der Waals surface area contributed by atoms with E-state index in [1.165, 1.54) is 23.5 Å². The van der Waals surface area contributed by atoms with Crippen molar-refractivity contribution in [3.63, 3.8) is 0 Å². The number of hydrogen-bond donors (Lipinski definition) is 2. The van der Waals surface area contributed by atoms with Gasteiger partial charge in [-0.05, 0) is 45.9 Å². The summed E-state index contributed by atoms with van der Waals surface area (Å²) in [6.07, 6.45) is 0. The van der Waals surface area contributed by atoms with Crippen LogP contribution in [0.4, 0.5) is 8.78 Å². The van der Waals surface area contributed by atoms with E-state index in [0.29, 0.717) is 5.56 Å². The third-order valence-electron chi connectivity index (χ3n) is 2.68. The number of hydrazine groups is 1. The zero-order chi connectivity index (χ0) is 13.3. The van der Waals surface area contributed by atoms with E-state index >= 15 is 0 Å². The van der Waals surface area contributed by atoms with Crippen molar-refractivity contribution in [1.82, 2.24) is 5.43 Å². The summed E-state index contributed by atoms with van der Waals surface area (Å²) in [5, 5.41) is 1.83. The van der Waals surface area contributed by atoms with Gasteiger partial charge in [0.05, 0.1) is 6.04 Å². The Morgan fingerprint density at radius 3 is 2.61 bits per heavy atom. The molecule has 0 radical (unpaired) electrons. The molecule has 0 aliphatic heterocycles. The fourth-order valence-electron chi connectivity index (χ4n) is 1.74. The summed E-state index contributed by atoms with van der Waals surface area (Å²) in [6, 6.07) is 3.76. The van der Waals surface area contributed by atoms with Crippen LogP contribution in [0.2, 0.25) is 0 Å². The minimum absolute atomic E-state index is 0.0550. The van der Waals surface area contributed by atoms with Gasteiger partial charge in [0.25, 0.3) is 0 Å². The maximum atomic E-state index is 14.1. The summed E-state index contributed by atoms with van der Waals surface area (Å²) >= 11 is 4.72. The zero-order valence-electron chi connectivity index (χ0n) is 9.51. The van der Waals surface area contributed by atoms with E-state index < -0.39 is 17.7 Å². The second-order valence-electron chi connectivity index (χ2n) is 3.82. The van der Waals surface area contributed by atoms with Crippen LogP contribution < -0.4 is 11.3 Å². The van der Waals surface area contributed by atoms with Crippen LogP contribution in [0.1, 0.15) is 22.0 Å². The van der Waals surface area contributed by atoms with Gasteiger partial charge in [0.1, 0.15) is 11.6 Å². The lowest BCUT2D eigenvalue weighted by Crippen LogP contribution is -2.30. The van der Waals surface area contributed by atoms with Gasteiger partial charge in [-0.15, -0.1) is 11.3 Å². The summed E-state index contributed by atoms with van der Waals surface area (Å²) in [4.78, 5) is 0.737. The van der Waals surface area contributed by atoms with Crippen LogP contribution >= 0.6 is 27.3 Å². The Hall–Kier alpha value is -0.820. The quantitative estimate of drug-likeness (QED) is 0.665. The molecule has 2 aromatic rings. The largest absolute Gasteiger partial charge is 0.271 e. The van der Waals surface area contributed by atoms with Crippen LogP contribution in [0.25, 0.3) is 0 Å². The molecule has 1 atom stereocenters. The summed E-state index contributed by atoms with van der Waals surface area (Å²) in [5.41, 5.74) is 2.80. The number of aryl methyl sites for hydroxylation is 1. The van der Waals surface area contributed by atoms with Gasteiger partial charge in [-0.25, -0.2) is 14.2 Å². The Kier molecular flexibility index (Phi) is 4.11. The number of benzene rings is 1. The van der Waals surface area contributed by atoms with E-state index in [1.807, 2.05) is 11.4 Å². The third-order valence-corrected chi connectivity index (χ3v) is 4.62. The smallest absolute Gasteiger partial charge is 0.134 e. The Morgan fingerprint density at radius 1 is 1.33 bits per heavy atom. The molecule has 1 aromatic carbocycles. The van der Waals surface area contributed by atoms with Gasteiger partial charge in [-0.3, -0.25) is 5.84 Å². The van der Waals surface area contributed by atoms with Gasteiger partial charge in [0.15, 0.2) is 0 Å². The van der Waals surface area contributed by atoms with Gasteiger partial charge in [-0.2, -0.15) is 0 Å². The fourth-order valence-corrected chi connectivity index (χ4v) is 3.41. The highest BCUT2D eigenvalue weighted by molar-refractivity contribution is 9.10. The molecule has 0 spiro atoms. The van der Waals surface area contributed by atoms with E-state index in [1.54, 1.807) is 6.92 Å². The molecule has 18 heavy (non-hydrogen) atoms. The number of thiophene rings is 1. The van der Waals surface area contributed by atoms with E-state index in [4.69, 9.17) is 5.84 Å². The van der Waals surface area contributed by atoms with Crippen LogP contribution in [-0.4, -0.2) is 0 Å². The average Bonchev–Trinajstić information content (AvgIpc) is 2.76. The molecule has 1 unspecified atom stereocenters. The third kappa shape index (κ3) is 2.33. The van der Waals surface area contributed by atoms with E-state index in [2.05, 4.69) is 21.4 Å². The van der Waals surface area contributed by atoms with Crippen LogP contribution in [0.15, 0.2) is 28.1 Å². The molecule has 1 heterocycles. The van der Waals surface area contributed by atoms with Gasteiger partial charge in [0, 0.05) is 14.9 Å². The maximum Gasteiger partial charge on any atom is 0.134 e. The molecular formula is C12H11BrF2N2S. The molecule has 3 N–H and O–H groups in total. The molecule has 0 saturated heterocycles. The summed E-state index contributed by atoms with van der Waals surface area (Å²) in [6.45, 7) is 1.59. The Balaban J connectivity index is 2.59. The van der Waals surface area contributed by atoms with Crippen molar-refractivity contribution in [3.05, 3.63) is 55.7 Å². The van der Waals surface area contributed by atoms with Crippen LogP contribution in [0.5, 0.6) is 0 Å². The summed E-state index contributed by atoms with van der Waals surface area (Å²) in [7, 11) is 0. The first kappa shape index (κ1) is 13.6. The first-order chi connectivity index (χ1) is 8.56. The van der Waals surface area contributed by atoms with Crippen molar-refractivity contribution in [2.75, 3.05) is 0 Å². The molecule has 0 aliphatic carbocycles. The van der Waals surface area contributed by atoms with E-state index in [-0.39, 0.29) is 5.56 Å². The van der Waals surface area contributed by atoms with Gasteiger partial charge in [-0.1, -0.05) is 6.07 Å². The molecular weight excluding hydrogens is 322 g/mol. The molecule has 0 fully saturated rings. The van der Waals surface area contributed by atoms with E-state index in [0.717, 1.165) is 9.35 Å². The molecule has 96 valence electrons. The lowest BCUT2D eigenvalue weighted by atomic mass is 10.0. The first-order valence-electron chi connectivity index (χ1n) is 5.19. The monoisotopic (exact) mass is 332 g/mol. The highest BCUT2D eigenvalue weighted by atomic mass is 79.9. The molecule has 2 nitrogen and oxygen atoms in total. The number of rotatable bonds is 3. The van der Waals surface area contributed by atoms with Crippen molar-refractivity contribution >= 4 is 27.3 Å². The minimum Gasteiger partial charge on any atom is -0.271 e. The van der Waals surface area contributed by atoms with Gasteiger partial charge in [0.2, 0.25) is 0 Å². The fraction of sp³-hybridized carbons (Fsp3) is 0.167. The zero-order valence-corrected chi connectivity index (χ0v) is 11.9. The highest BCUT2D eigenvalue weighted by Crippen LogP contribution is 2.35. The Morgan fingerprint density at radius 2 is 2.06 bits per heavy atom. The molecule has 2 rings (SSSR count). The van der Waals surface area contributed by atoms with Crippen molar-refractivity contribution in [2.24, 2.45) is 5.84 Å². The molecule has 0 saturated carbocycles. The highest BCUT2D eigenvalue weighted by Gasteiger charge is 2.24. The standard InChI is InChI=1S/C12H11BrF2N2S/c1-6-2-3-8(14)9(10(6)15)11(17-16)12-7(13)4-5-18-12/h2-5,11,17H,16H2,1H3. The molecule has 0 bridgehead atoms. The van der Waals surface area contributed by atoms with Gasteiger partial charge >= 0.3 is 0 Å². The van der Waals surface area contributed by atoms with Crippen molar-refractivity contribution in [3.8, 4) is 0 Å². The average molecular weight is 333 g/mol. The molecule has 1 aromatic heterocycles. The summed E-state index contributed by atoms with van der Waals surface area (Å²) in [5.74, 6) is 4.27. The number of nitrogens with two attached hydrogens (primary N) is 1. The first-order valence-corrected chi connectivity index (χ1v) is 6.87. The Labute approximate surface area is 116 Å². The van der Waals surface area contributed by atoms with Crippen molar-refractivity contribution in [2.45, 2.75) is 13.0 Å². The second kappa shape index (κ2) is 5.44. The van der Waals surface area contributed by atoms with Crippen LogP contribution in [0, 0.1) is 18.6 Å². The Bertz CT molecular complexity index is 571. The predicted molar refractivity (Wildman–Crippen MR) is 72.3 cm³/mol. The number of hydrogen-bond acceptors (Lipinski definition) is 3. The van der Waals surface area contributed by atoms with Crippen LogP contribution in [0.3, 0.4) is 0 Å². The van der Waals surface area contributed by atoms with Crippen molar-refractivity contribution < 1.29 is 8.78 Å². The molecule has 6 heteroatoms. The SMILES string of the molecule is Cc1ccc(F)c(C(NN)c2sccc2Br)c1F. The summed E-state index contributed by atoms with van der Waals surface area (Å²) < 4.78 is 28.7. The lowest BCUT2D eigenvalue weighted by Gasteiger charge is -2.18. The topological polar surface area (TPSA) is 38.0 Å². The van der Waals surface area contributed by atoms with Gasteiger partial charge < -0.3 is 0 Å². The molecule has 0 amide bonds. The van der Waals surface area contributed by atoms with E-state index in [9.17, 15) is 8.78 Å². The molecule has 0 aliphatic rings. The predicted octanol–water partition coefficient (Wildman–Crippen LogP) is 3.65.